The molecule has 1 N–H and O–H groups in total. The van der Waals surface area contributed by atoms with Crippen LogP contribution in [0.4, 0.5) is 0 Å². The quantitative estimate of drug-likeness (QED) is 0.862. The maximum absolute atomic E-state index is 5.50. The highest BCUT2D eigenvalue weighted by atomic mass is 16.5. The molecule has 0 spiro atoms. The van der Waals surface area contributed by atoms with Crippen LogP contribution in [0.15, 0.2) is 42.7 Å². The number of rotatable bonds is 6. The van der Waals surface area contributed by atoms with Crippen LogP contribution in [0.5, 0.6) is 0 Å². The normalized spacial score (nSPS) is 12.3. The number of nitrogens with zero attached hydrogens (tertiary/aromatic N) is 2. The first kappa shape index (κ1) is 13.6. The minimum absolute atomic E-state index is 0.214. The van der Waals surface area contributed by atoms with Gasteiger partial charge < -0.3 is 10.1 Å². The smallest absolute Gasteiger partial charge is 0.161 e. The van der Waals surface area contributed by atoms with Gasteiger partial charge in [0.2, 0.25) is 0 Å². The van der Waals surface area contributed by atoms with Crippen molar-refractivity contribution < 1.29 is 4.74 Å². The van der Waals surface area contributed by atoms with E-state index in [-0.39, 0.29) is 6.10 Å². The fourth-order valence-corrected chi connectivity index (χ4v) is 1.88. The van der Waals surface area contributed by atoms with Gasteiger partial charge in [-0.15, -0.1) is 0 Å². The molecule has 2 rings (SSSR count). The van der Waals surface area contributed by atoms with Crippen molar-refractivity contribution in [2.45, 2.75) is 19.6 Å². The van der Waals surface area contributed by atoms with Gasteiger partial charge in [0, 0.05) is 31.6 Å². The fraction of sp³-hybridized carbons (Fsp3) is 0.333. The number of ether oxygens (including phenoxy) is 1. The third kappa shape index (κ3) is 3.59. The van der Waals surface area contributed by atoms with Gasteiger partial charge in [-0.05, 0) is 12.1 Å². The molecule has 0 radical (unpaired) electrons. The standard InChI is InChI=1S/C15H19N3O/c1-3-16-9-12-10-17-15(18-11-12)14(19-2)13-7-5-4-6-8-13/h4-8,10-11,14,16H,3,9H2,1-2H3. The van der Waals surface area contributed by atoms with Crippen molar-refractivity contribution in [1.82, 2.24) is 15.3 Å². The predicted molar refractivity (Wildman–Crippen MR) is 74.7 cm³/mol. The molecule has 0 aliphatic carbocycles. The van der Waals surface area contributed by atoms with Gasteiger partial charge in [-0.1, -0.05) is 37.3 Å². The van der Waals surface area contributed by atoms with E-state index in [0.29, 0.717) is 5.82 Å². The fourth-order valence-electron chi connectivity index (χ4n) is 1.88. The zero-order valence-electron chi connectivity index (χ0n) is 11.3. The van der Waals surface area contributed by atoms with Crippen LogP contribution in [0, 0.1) is 0 Å². The third-order valence-electron chi connectivity index (χ3n) is 2.88. The van der Waals surface area contributed by atoms with E-state index < -0.39 is 0 Å². The topological polar surface area (TPSA) is 47.0 Å². The SMILES string of the molecule is CCNCc1cnc(C(OC)c2ccccc2)nc1. The molecule has 1 atom stereocenters. The molecule has 0 saturated heterocycles. The van der Waals surface area contributed by atoms with Crippen molar-refractivity contribution in [2.24, 2.45) is 0 Å². The Balaban J connectivity index is 2.15. The summed E-state index contributed by atoms with van der Waals surface area (Å²) in [4.78, 5) is 8.81. The number of hydrogen-bond donors (Lipinski definition) is 1. The zero-order chi connectivity index (χ0) is 13.5. The molecular weight excluding hydrogens is 238 g/mol. The van der Waals surface area contributed by atoms with Gasteiger partial charge in [-0.2, -0.15) is 0 Å². The number of nitrogens with one attached hydrogen (secondary N) is 1. The van der Waals surface area contributed by atoms with Gasteiger partial charge in [-0.3, -0.25) is 0 Å². The van der Waals surface area contributed by atoms with Crippen molar-refractivity contribution in [3.05, 3.63) is 59.7 Å². The van der Waals surface area contributed by atoms with E-state index in [4.69, 9.17) is 4.74 Å². The van der Waals surface area contributed by atoms with E-state index >= 15 is 0 Å². The first-order valence-electron chi connectivity index (χ1n) is 6.44. The Labute approximate surface area is 113 Å². The van der Waals surface area contributed by atoms with Gasteiger partial charge in [0.05, 0.1) is 0 Å². The molecule has 19 heavy (non-hydrogen) atoms. The summed E-state index contributed by atoms with van der Waals surface area (Å²) in [6.45, 7) is 3.80. The summed E-state index contributed by atoms with van der Waals surface area (Å²) in [6.07, 6.45) is 3.48. The van der Waals surface area contributed by atoms with Crippen molar-refractivity contribution in [3.8, 4) is 0 Å². The van der Waals surface area contributed by atoms with Crippen molar-refractivity contribution in [3.63, 3.8) is 0 Å². The molecule has 2 aromatic rings. The minimum atomic E-state index is -0.214. The van der Waals surface area contributed by atoms with Crippen LogP contribution in [-0.4, -0.2) is 23.6 Å². The zero-order valence-corrected chi connectivity index (χ0v) is 11.3. The Hall–Kier alpha value is -1.78. The highest BCUT2D eigenvalue weighted by Crippen LogP contribution is 2.21. The van der Waals surface area contributed by atoms with E-state index in [1.807, 2.05) is 42.7 Å². The monoisotopic (exact) mass is 257 g/mol. The van der Waals surface area contributed by atoms with Crippen LogP contribution < -0.4 is 5.32 Å². The van der Waals surface area contributed by atoms with Crippen LogP contribution in [0.25, 0.3) is 0 Å². The summed E-state index contributed by atoms with van der Waals surface area (Å²) in [5, 5.41) is 3.25. The largest absolute Gasteiger partial charge is 0.369 e. The summed E-state index contributed by atoms with van der Waals surface area (Å²) >= 11 is 0. The average molecular weight is 257 g/mol. The Kier molecular flexibility index (Phi) is 5.01. The van der Waals surface area contributed by atoms with Crippen LogP contribution in [-0.2, 0) is 11.3 Å². The number of benzene rings is 1. The van der Waals surface area contributed by atoms with Gasteiger partial charge in [0.25, 0.3) is 0 Å². The number of aromatic nitrogens is 2. The molecule has 0 aliphatic rings. The van der Waals surface area contributed by atoms with Crippen molar-refractivity contribution in [1.29, 1.82) is 0 Å². The Morgan fingerprint density at radius 1 is 1.16 bits per heavy atom. The molecule has 1 aromatic carbocycles. The van der Waals surface area contributed by atoms with Crippen LogP contribution in [0.3, 0.4) is 0 Å². The molecule has 0 amide bonds. The Morgan fingerprint density at radius 2 is 1.84 bits per heavy atom. The number of hydrogen-bond acceptors (Lipinski definition) is 4. The van der Waals surface area contributed by atoms with Crippen molar-refractivity contribution in [2.75, 3.05) is 13.7 Å². The maximum atomic E-state index is 5.50. The highest BCUT2D eigenvalue weighted by molar-refractivity contribution is 5.23. The molecule has 1 unspecified atom stereocenters. The van der Waals surface area contributed by atoms with Crippen LogP contribution >= 0.6 is 0 Å². The van der Waals surface area contributed by atoms with Gasteiger partial charge in [-0.25, -0.2) is 9.97 Å². The highest BCUT2D eigenvalue weighted by Gasteiger charge is 2.15. The molecule has 0 bridgehead atoms. The molecule has 100 valence electrons. The lowest BCUT2D eigenvalue weighted by atomic mass is 10.1. The van der Waals surface area contributed by atoms with Crippen molar-refractivity contribution >= 4 is 0 Å². The maximum Gasteiger partial charge on any atom is 0.161 e. The first-order valence-corrected chi connectivity index (χ1v) is 6.44. The Bertz CT molecular complexity index is 485. The van der Waals surface area contributed by atoms with E-state index in [1.54, 1.807) is 7.11 Å². The predicted octanol–water partition coefficient (Wildman–Crippen LogP) is 2.32. The lowest BCUT2D eigenvalue weighted by Crippen LogP contribution is -2.13. The molecule has 1 heterocycles. The lowest BCUT2D eigenvalue weighted by Gasteiger charge is -2.14. The van der Waals surface area contributed by atoms with E-state index in [0.717, 1.165) is 24.2 Å². The molecule has 0 fully saturated rings. The van der Waals surface area contributed by atoms with Gasteiger partial charge in [0.15, 0.2) is 5.82 Å². The van der Waals surface area contributed by atoms with Crippen LogP contribution in [0.2, 0.25) is 0 Å². The average Bonchev–Trinajstić information content (AvgIpc) is 2.48. The second-order valence-electron chi connectivity index (χ2n) is 4.26. The summed E-state index contributed by atoms with van der Waals surface area (Å²) in [6, 6.07) is 9.99. The third-order valence-corrected chi connectivity index (χ3v) is 2.88. The molecular formula is C15H19N3O. The summed E-state index contributed by atoms with van der Waals surface area (Å²) in [5.41, 5.74) is 2.14. The van der Waals surface area contributed by atoms with E-state index in [1.165, 1.54) is 0 Å². The molecule has 1 aromatic heterocycles. The van der Waals surface area contributed by atoms with Gasteiger partial charge >= 0.3 is 0 Å². The molecule has 0 aliphatic heterocycles. The summed E-state index contributed by atoms with van der Waals surface area (Å²) in [5.74, 6) is 0.689. The second-order valence-corrected chi connectivity index (χ2v) is 4.26. The van der Waals surface area contributed by atoms with Crippen LogP contribution in [0.1, 0.15) is 30.0 Å². The van der Waals surface area contributed by atoms with E-state index in [2.05, 4.69) is 22.2 Å². The second kappa shape index (κ2) is 6.97. The minimum Gasteiger partial charge on any atom is -0.369 e. The molecule has 4 heteroatoms. The lowest BCUT2D eigenvalue weighted by molar-refractivity contribution is 0.129. The van der Waals surface area contributed by atoms with Gasteiger partial charge in [0.1, 0.15) is 6.10 Å². The summed E-state index contributed by atoms with van der Waals surface area (Å²) in [7, 11) is 1.67. The summed E-state index contributed by atoms with van der Waals surface area (Å²) < 4.78 is 5.50. The number of methoxy groups -OCH3 is 1. The first-order chi connectivity index (χ1) is 9.35. The van der Waals surface area contributed by atoms with E-state index in [9.17, 15) is 0 Å². The molecule has 4 nitrogen and oxygen atoms in total. The Morgan fingerprint density at radius 3 is 2.42 bits per heavy atom. The molecule has 0 saturated carbocycles.